The molecule has 0 radical (unpaired) electrons. The van der Waals surface area contributed by atoms with Crippen molar-refractivity contribution in [3.05, 3.63) is 65.7 Å². The van der Waals surface area contributed by atoms with Crippen molar-refractivity contribution in [2.45, 2.75) is 25.4 Å². The van der Waals surface area contributed by atoms with Crippen molar-refractivity contribution in [2.75, 3.05) is 11.1 Å². The van der Waals surface area contributed by atoms with Crippen molar-refractivity contribution in [1.29, 1.82) is 0 Å². The summed E-state index contributed by atoms with van der Waals surface area (Å²) in [6, 6.07) is 18.2. The van der Waals surface area contributed by atoms with Gasteiger partial charge in [0.25, 0.3) is 0 Å². The van der Waals surface area contributed by atoms with E-state index >= 15 is 0 Å². The summed E-state index contributed by atoms with van der Waals surface area (Å²) in [5.74, 6) is 0.0428. The number of nitrogens with zero attached hydrogens (tertiary/aromatic N) is 5. The molecule has 0 bridgehead atoms. The minimum Gasteiger partial charge on any atom is -0.301 e. The van der Waals surface area contributed by atoms with Crippen LogP contribution in [0.2, 0.25) is 0 Å². The number of benzene rings is 2. The maximum atomic E-state index is 12.5. The second-order valence-corrected chi connectivity index (χ2v) is 9.32. The largest absolute Gasteiger partial charge is 0.301 e. The van der Waals surface area contributed by atoms with E-state index in [4.69, 9.17) is 0 Å². The molecule has 2 aromatic carbocycles. The third-order valence-corrected chi connectivity index (χ3v) is 6.87. The number of hydrogen-bond donors (Lipinski definition) is 1. The Hall–Kier alpha value is -3.30. The first-order chi connectivity index (χ1) is 15.6. The van der Waals surface area contributed by atoms with E-state index in [0.717, 1.165) is 27.9 Å². The molecular formula is C23H20N6OS2. The Morgan fingerprint density at radius 3 is 2.75 bits per heavy atom. The number of thiazole rings is 1. The molecule has 7 nitrogen and oxygen atoms in total. The van der Waals surface area contributed by atoms with Crippen LogP contribution in [0.25, 0.3) is 27.1 Å². The molecule has 5 aromatic rings. The number of aromatic nitrogens is 5. The fourth-order valence-electron chi connectivity index (χ4n) is 3.30. The second kappa shape index (κ2) is 8.68. The summed E-state index contributed by atoms with van der Waals surface area (Å²) in [5, 5.41) is 17.1. The van der Waals surface area contributed by atoms with E-state index in [2.05, 4.69) is 62.9 Å². The summed E-state index contributed by atoms with van der Waals surface area (Å²) in [4.78, 5) is 17.0. The Morgan fingerprint density at radius 1 is 1.09 bits per heavy atom. The molecule has 0 saturated carbocycles. The number of amides is 1. The minimum absolute atomic E-state index is 0.145. The van der Waals surface area contributed by atoms with Crippen LogP contribution in [-0.4, -0.2) is 36.5 Å². The van der Waals surface area contributed by atoms with Gasteiger partial charge >= 0.3 is 0 Å². The maximum absolute atomic E-state index is 12.5. The zero-order chi connectivity index (χ0) is 22.1. The first-order valence-corrected chi connectivity index (χ1v) is 12.0. The summed E-state index contributed by atoms with van der Waals surface area (Å²) >= 11 is 2.76. The van der Waals surface area contributed by atoms with Crippen molar-refractivity contribution < 1.29 is 4.79 Å². The van der Waals surface area contributed by atoms with Crippen LogP contribution in [0.3, 0.4) is 0 Å². The molecule has 0 unspecified atom stereocenters. The quantitative estimate of drug-likeness (QED) is 0.359. The zero-order valence-electron chi connectivity index (χ0n) is 17.6. The molecule has 0 aliphatic heterocycles. The van der Waals surface area contributed by atoms with Gasteiger partial charge in [-0.15, -0.1) is 10.2 Å². The van der Waals surface area contributed by atoms with E-state index < -0.39 is 0 Å². The molecule has 32 heavy (non-hydrogen) atoms. The number of rotatable bonds is 6. The summed E-state index contributed by atoms with van der Waals surface area (Å²) in [7, 11) is 0. The number of nitrogens with one attached hydrogen (secondary N) is 1. The first-order valence-electron chi connectivity index (χ1n) is 10.2. The van der Waals surface area contributed by atoms with E-state index in [1.165, 1.54) is 34.2 Å². The molecule has 0 aliphatic carbocycles. The van der Waals surface area contributed by atoms with Crippen LogP contribution >= 0.6 is 23.1 Å². The van der Waals surface area contributed by atoms with Gasteiger partial charge in [0.05, 0.1) is 21.7 Å². The lowest BCUT2D eigenvalue weighted by Crippen LogP contribution is -2.14. The highest BCUT2D eigenvalue weighted by Gasteiger charge is 2.13. The van der Waals surface area contributed by atoms with E-state index in [9.17, 15) is 4.79 Å². The highest BCUT2D eigenvalue weighted by atomic mass is 32.2. The number of hydrogen-bond acceptors (Lipinski definition) is 7. The van der Waals surface area contributed by atoms with Gasteiger partial charge in [-0.2, -0.15) is 9.61 Å². The summed E-state index contributed by atoms with van der Waals surface area (Å²) in [6.07, 6.45) is 0.998. The van der Waals surface area contributed by atoms with E-state index in [1.54, 1.807) is 4.52 Å². The Kier molecular flexibility index (Phi) is 5.59. The third-order valence-electron chi connectivity index (χ3n) is 5.01. The van der Waals surface area contributed by atoms with Crippen LogP contribution in [0.5, 0.6) is 0 Å². The van der Waals surface area contributed by atoms with Crippen molar-refractivity contribution in [1.82, 2.24) is 24.8 Å². The van der Waals surface area contributed by atoms with Gasteiger partial charge in [-0.05, 0) is 48.7 Å². The maximum Gasteiger partial charge on any atom is 0.236 e. The van der Waals surface area contributed by atoms with Crippen molar-refractivity contribution in [3.63, 3.8) is 0 Å². The van der Waals surface area contributed by atoms with Gasteiger partial charge in [0.2, 0.25) is 11.1 Å². The van der Waals surface area contributed by atoms with Crippen LogP contribution in [0, 0.1) is 6.92 Å². The topological polar surface area (TPSA) is 85.1 Å². The van der Waals surface area contributed by atoms with E-state index in [0.29, 0.717) is 15.9 Å². The molecule has 9 heteroatoms. The predicted octanol–water partition coefficient (Wildman–Crippen LogP) is 5.00. The van der Waals surface area contributed by atoms with Gasteiger partial charge in [0.15, 0.2) is 10.8 Å². The van der Waals surface area contributed by atoms with Crippen LogP contribution in [0.15, 0.2) is 59.8 Å². The average Bonchev–Trinajstić information content (AvgIpc) is 3.40. The second-order valence-electron chi connectivity index (χ2n) is 7.35. The minimum atomic E-state index is -0.145. The number of fused-ring (bicyclic) bond motifs is 2. The lowest BCUT2D eigenvalue weighted by Gasteiger charge is -2.04. The summed E-state index contributed by atoms with van der Waals surface area (Å²) in [5.41, 5.74) is 5.83. The van der Waals surface area contributed by atoms with Crippen LogP contribution < -0.4 is 5.32 Å². The lowest BCUT2D eigenvalue weighted by atomic mass is 10.1. The lowest BCUT2D eigenvalue weighted by molar-refractivity contribution is -0.113. The monoisotopic (exact) mass is 460 g/mol. The highest BCUT2D eigenvalue weighted by Crippen LogP contribution is 2.27. The molecule has 5 rings (SSSR count). The molecular weight excluding hydrogens is 440 g/mol. The van der Waals surface area contributed by atoms with Crippen molar-refractivity contribution in [2.24, 2.45) is 0 Å². The summed E-state index contributed by atoms with van der Waals surface area (Å²) < 4.78 is 2.74. The fraction of sp³-hybridized carbons (Fsp3) is 0.174. The normalized spacial score (nSPS) is 11.3. The molecule has 0 fully saturated rings. The van der Waals surface area contributed by atoms with Crippen LogP contribution in [0.1, 0.15) is 18.1 Å². The number of thioether (sulfide) groups is 1. The molecule has 3 aromatic heterocycles. The Balaban J connectivity index is 1.30. The van der Waals surface area contributed by atoms with Crippen LogP contribution in [-0.2, 0) is 11.2 Å². The zero-order valence-corrected chi connectivity index (χ0v) is 19.2. The number of anilines is 1. The smallest absolute Gasteiger partial charge is 0.236 e. The molecule has 0 spiro atoms. The third kappa shape index (κ3) is 4.21. The predicted molar refractivity (Wildman–Crippen MR) is 129 cm³/mol. The molecule has 0 atom stereocenters. The average molecular weight is 461 g/mol. The van der Waals surface area contributed by atoms with Gasteiger partial charge in [0, 0.05) is 5.56 Å². The van der Waals surface area contributed by atoms with Gasteiger partial charge in [0.1, 0.15) is 0 Å². The van der Waals surface area contributed by atoms with E-state index in [-0.39, 0.29) is 11.7 Å². The highest BCUT2D eigenvalue weighted by molar-refractivity contribution is 7.99. The summed E-state index contributed by atoms with van der Waals surface area (Å²) in [6.45, 7) is 4.17. The Labute approximate surface area is 192 Å². The Bertz CT molecular complexity index is 1420. The van der Waals surface area contributed by atoms with E-state index in [1.807, 2.05) is 31.2 Å². The molecule has 0 saturated heterocycles. The molecule has 0 aliphatic rings. The fourth-order valence-corrected chi connectivity index (χ4v) is 4.96. The van der Waals surface area contributed by atoms with Gasteiger partial charge in [-0.3, -0.25) is 4.79 Å². The molecule has 1 amide bonds. The first kappa shape index (κ1) is 20.6. The molecule has 3 heterocycles. The number of carbonyl (C=O) groups excluding carboxylic acids is 1. The Morgan fingerprint density at radius 2 is 1.94 bits per heavy atom. The van der Waals surface area contributed by atoms with Gasteiger partial charge < -0.3 is 5.32 Å². The number of carbonyl (C=O) groups is 1. The van der Waals surface area contributed by atoms with Crippen molar-refractivity contribution >= 4 is 50.0 Å². The van der Waals surface area contributed by atoms with Crippen molar-refractivity contribution in [3.8, 4) is 11.3 Å². The standard InChI is InChI=1S/C23H20N6OS2/c1-3-15-5-7-16(8-6-15)17-10-11-20-26-27-23(29(20)28-17)31-13-21(30)25-22-24-18-9-4-14(2)12-19(18)32-22/h4-12H,3,13H2,1-2H3,(H,24,25,30). The van der Waals surface area contributed by atoms with Crippen LogP contribution in [0.4, 0.5) is 5.13 Å². The van der Waals surface area contributed by atoms with Gasteiger partial charge in [-0.25, -0.2) is 4.98 Å². The number of aryl methyl sites for hydroxylation is 2. The molecule has 1 N–H and O–H groups in total. The molecule has 160 valence electrons. The SMILES string of the molecule is CCc1ccc(-c2ccc3nnc(SCC(=O)Nc4nc5ccc(C)cc5s4)n3n2)cc1. The van der Waals surface area contributed by atoms with Gasteiger partial charge in [-0.1, -0.05) is 60.4 Å².